The Balaban J connectivity index is 2.91. The first-order valence-corrected chi connectivity index (χ1v) is 7.47. The maximum absolute atomic E-state index is 11.9. The number of hydrogen-bond donors (Lipinski definition) is 1. The number of rotatable bonds is 4. The Morgan fingerprint density at radius 2 is 1.95 bits per heavy atom. The minimum Gasteiger partial charge on any atom is -0.465 e. The third-order valence-electron chi connectivity index (χ3n) is 2.18. The topological polar surface area (TPSA) is 72.5 Å². The molecule has 106 valence electrons. The summed E-state index contributed by atoms with van der Waals surface area (Å²) in [5.74, 6) is -0.500. The first-order valence-electron chi connectivity index (χ1n) is 5.82. The first kappa shape index (κ1) is 15.5. The summed E-state index contributed by atoms with van der Waals surface area (Å²) in [6, 6.07) is 6.20. The number of sulfonamides is 1. The molecule has 0 heterocycles. The highest BCUT2D eigenvalue weighted by Crippen LogP contribution is 2.19. The van der Waals surface area contributed by atoms with Crippen molar-refractivity contribution in [3.8, 4) is 0 Å². The van der Waals surface area contributed by atoms with E-state index in [1.54, 1.807) is 18.2 Å². The third-order valence-corrected chi connectivity index (χ3v) is 3.97. The van der Waals surface area contributed by atoms with Crippen LogP contribution >= 0.6 is 0 Å². The standard InChI is InChI=1S/C13H19NO4S/c1-13(2,3)9-19(16,17)14-11-7-5-6-10(8-11)12(15)18-4/h5-8,14H,9H2,1-4H3. The van der Waals surface area contributed by atoms with Gasteiger partial charge in [0.25, 0.3) is 0 Å². The third kappa shape index (κ3) is 5.30. The zero-order valence-electron chi connectivity index (χ0n) is 11.6. The van der Waals surface area contributed by atoms with Crippen molar-refractivity contribution in [2.24, 2.45) is 5.41 Å². The van der Waals surface area contributed by atoms with Gasteiger partial charge in [-0.05, 0) is 23.6 Å². The van der Waals surface area contributed by atoms with Crippen molar-refractivity contribution in [2.45, 2.75) is 20.8 Å². The van der Waals surface area contributed by atoms with Gasteiger partial charge in [0.1, 0.15) is 0 Å². The van der Waals surface area contributed by atoms with Crippen molar-refractivity contribution in [1.29, 1.82) is 0 Å². The van der Waals surface area contributed by atoms with Gasteiger partial charge >= 0.3 is 5.97 Å². The fraction of sp³-hybridized carbons (Fsp3) is 0.462. The Morgan fingerprint density at radius 1 is 1.32 bits per heavy atom. The van der Waals surface area contributed by atoms with Crippen molar-refractivity contribution in [2.75, 3.05) is 17.6 Å². The maximum Gasteiger partial charge on any atom is 0.337 e. The zero-order valence-corrected chi connectivity index (χ0v) is 12.4. The quantitative estimate of drug-likeness (QED) is 0.861. The fourth-order valence-electron chi connectivity index (χ4n) is 1.61. The molecule has 5 nitrogen and oxygen atoms in total. The van der Waals surface area contributed by atoms with Crippen molar-refractivity contribution in [3.63, 3.8) is 0 Å². The van der Waals surface area contributed by atoms with Gasteiger partial charge in [-0.15, -0.1) is 0 Å². The predicted molar refractivity (Wildman–Crippen MR) is 74.6 cm³/mol. The molecule has 0 spiro atoms. The van der Waals surface area contributed by atoms with E-state index < -0.39 is 16.0 Å². The average Bonchev–Trinajstić information content (AvgIpc) is 2.24. The van der Waals surface area contributed by atoms with Gasteiger partial charge in [0.15, 0.2) is 0 Å². The Kier molecular flexibility index (Phi) is 4.57. The van der Waals surface area contributed by atoms with Gasteiger partial charge in [0.05, 0.1) is 18.4 Å². The van der Waals surface area contributed by atoms with Crippen LogP contribution in [0.15, 0.2) is 24.3 Å². The Morgan fingerprint density at radius 3 is 2.47 bits per heavy atom. The van der Waals surface area contributed by atoms with Gasteiger partial charge in [0, 0.05) is 5.69 Å². The van der Waals surface area contributed by atoms with E-state index >= 15 is 0 Å². The summed E-state index contributed by atoms with van der Waals surface area (Å²) in [6.45, 7) is 5.53. The number of esters is 1. The number of anilines is 1. The van der Waals surface area contributed by atoms with E-state index in [2.05, 4.69) is 9.46 Å². The number of methoxy groups -OCH3 is 1. The smallest absolute Gasteiger partial charge is 0.337 e. The molecule has 1 aromatic rings. The molecule has 0 saturated heterocycles. The number of ether oxygens (including phenoxy) is 1. The predicted octanol–water partition coefficient (Wildman–Crippen LogP) is 2.26. The Hall–Kier alpha value is -1.56. The highest BCUT2D eigenvalue weighted by atomic mass is 32.2. The summed E-state index contributed by atoms with van der Waals surface area (Å²) in [4.78, 5) is 11.4. The summed E-state index contributed by atoms with van der Waals surface area (Å²) in [5, 5.41) is 0. The summed E-state index contributed by atoms with van der Waals surface area (Å²) >= 11 is 0. The van der Waals surface area contributed by atoms with Gasteiger partial charge < -0.3 is 4.74 Å². The van der Waals surface area contributed by atoms with Crippen molar-refractivity contribution in [1.82, 2.24) is 0 Å². The van der Waals surface area contributed by atoms with Crippen LogP contribution in [0.25, 0.3) is 0 Å². The average molecular weight is 285 g/mol. The molecule has 0 amide bonds. The van der Waals surface area contributed by atoms with Crippen LogP contribution in [-0.4, -0.2) is 27.2 Å². The number of nitrogens with one attached hydrogen (secondary N) is 1. The minimum absolute atomic E-state index is 0.00243. The second-order valence-electron chi connectivity index (χ2n) is 5.49. The van der Waals surface area contributed by atoms with Crippen LogP contribution in [-0.2, 0) is 14.8 Å². The largest absolute Gasteiger partial charge is 0.465 e. The van der Waals surface area contributed by atoms with Crippen LogP contribution < -0.4 is 4.72 Å². The molecule has 6 heteroatoms. The second-order valence-corrected chi connectivity index (χ2v) is 7.22. The van der Waals surface area contributed by atoms with E-state index in [-0.39, 0.29) is 11.2 Å². The van der Waals surface area contributed by atoms with Gasteiger partial charge in [-0.1, -0.05) is 26.8 Å². The first-order chi connectivity index (χ1) is 8.63. The van der Waals surface area contributed by atoms with Gasteiger partial charge in [-0.2, -0.15) is 0 Å². The van der Waals surface area contributed by atoms with E-state index in [0.717, 1.165) is 0 Å². The minimum atomic E-state index is -3.44. The molecule has 1 aromatic carbocycles. The van der Waals surface area contributed by atoms with Crippen molar-refractivity contribution in [3.05, 3.63) is 29.8 Å². The van der Waals surface area contributed by atoms with Gasteiger partial charge in [-0.3, -0.25) is 4.72 Å². The van der Waals surface area contributed by atoms with Crippen LogP contribution in [0, 0.1) is 5.41 Å². The van der Waals surface area contributed by atoms with Crippen LogP contribution in [0.2, 0.25) is 0 Å². The summed E-state index contributed by atoms with van der Waals surface area (Å²) in [5.41, 5.74) is 0.316. The summed E-state index contributed by atoms with van der Waals surface area (Å²) in [7, 11) is -2.17. The van der Waals surface area contributed by atoms with Gasteiger partial charge in [0.2, 0.25) is 10.0 Å². The molecule has 0 radical (unpaired) electrons. The number of hydrogen-bond acceptors (Lipinski definition) is 4. The molecule has 0 atom stereocenters. The Bertz CT molecular complexity index is 558. The van der Waals surface area contributed by atoms with Crippen LogP contribution in [0.5, 0.6) is 0 Å². The summed E-state index contributed by atoms with van der Waals surface area (Å²) in [6.07, 6.45) is 0. The zero-order chi connectivity index (χ0) is 14.7. The van der Waals surface area contributed by atoms with E-state index in [1.165, 1.54) is 13.2 Å². The number of carbonyl (C=O) groups is 1. The number of carbonyl (C=O) groups excluding carboxylic acids is 1. The van der Waals surface area contributed by atoms with E-state index in [4.69, 9.17) is 0 Å². The molecular formula is C13H19NO4S. The fourth-order valence-corrected chi connectivity index (χ4v) is 3.31. The maximum atomic E-state index is 11.9. The molecule has 0 aromatic heterocycles. The monoisotopic (exact) mass is 285 g/mol. The molecule has 0 fully saturated rings. The molecule has 0 bridgehead atoms. The molecule has 0 aliphatic carbocycles. The van der Waals surface area contributed by atoms with Crippen LogP contribution in [0.3, 0.4) is 0 Å². The molecule has 0 unspecified atom stereocenters. The lowest BCUT2D eigenvalue weighted by molar-refractivity contribution is 0.0601. The molecule has 0 aliphatic rings. The lowest BCUT2D eigenvalue weighted by atomic mass is 10.0. The highest BCUT2D eigenvalue weighted by Gasteiger charge is 2.21. The lowest BCUT2D eigenvalue weighted by Gasteiger charge is -2.18. The molecule has 0 saturated carbocycles. The van der Waals surface area contributed by atoms with E-state index in [1.807, 2.05) is 20.8 Å². The van der Waals surface area contributed by atoms with Gasteiger partial charge in [-0.25, -0.2) is 13.2 Å². The second kappa shape index (κ2) is 5.61. The molecule has 1 rings (SSSR count). The van der Waals surface area contributed by atoms with E-state index in [0.29, 0.717) is 11.3 Å². The van der Waals surface area contributed by atoms with E-state index in [9.17, 15) is 13.2 Å². The van der Waals surface area contributed by atoms with Crippen molar-refractivity contribution < 1.29 is 17.9 Å². The van der Waals surface area contributed by atoms with Crippen LogP contribution in [0.4, 0.5) is 5.69 Å². The summed E-state index contributed by atoms with van der Waals surface area (Å²) < 4.78 is 30.9. The molecule has 0 aliphatic heterocycles. The van der Waals surface area contributed by atoms with Crippen LogP contribution in [0.1, 0.15) is 31.1 Å². The Labute approximate surface area is 114 Å². The van der Waals surface area contributed by atoms with Crippen molar-refractivity contribution >= 4 is 21.7 Å². The highest BCUT2D eigenvalue weighted by molar-refractivity contribution is 7.92. The normalized spacial score (nSPS) is 12.0. The lowest BCUT2D eigenvalue weighted by Crippen LogP contribution is -2.26. The number of benzene rings is 1. The molecule has 1 N–H and O–H groups in total. The molecular weight excluding hydrogens is 266 g/mol. The molecule has 19 heavy (non-hydrogen) atoms. The SMILES string of the molecule is COC(=O)c1cccc(NS(=O)(=O)CC(C)(C)C)c1.